The highest BCUT2D eigenvalue weighted by Gasteiger charge is 2.29. The molecule has 5 unspecified atom stereocenters. The molecule has 0 amide bonds. The lowest BCUT2D eigenvalue weighted by atomic mass is 10.0. The van der Waals surface area contributed by atoms with Crippen molar-refractivity contribution in [2.45, 2.75) is 322 Å². The number of esters is 3. The van der Waals surface area contributed by atoms with E-state index < -0.39 is 91.5 Å². The van der Waals surface area contributed by atoms with E-state index in [4.69, 9.17) is 32.3 Å². The van der Waals surface area contributed by atoms with Crippen molar-refractivity contribution >= 4 is 33.6 Å². The van der Waals surface area contributed by atoms with Crippen LogP contribution in [0.25, 0.3) is 0 Å². The Morgan fingerprint density at radius 2 is 0.535 bits per heavy atom. The first-order chi connectivity index (χ1) is 48.2. The van der Waals surface area contributed by atoms with Crippen LogP contribution in [0.5, 0.6) is 0 Å². The fourth-order valence-electron chi connectivity index (χ4n) is 10.1. The van der Waals surface area contributed by atoms with Gasteiger partial charge in [-0.3, -0.25) is 32.5 Å². The van der Waals surface area contributed by atoms with Gasteiger partial charge in [0.05, 0.1) is 26.4 Å². The molecule has 0 radical (unpaired) electrons. The largest absolute Gasteiger partial charge is 0.472 e. The van der Waals surface area contributed by atoms with Gasteiger partial charge >= 0.3 is 33.6 Å². The minimum Gasteiger partial charge on any atom is -0.463 e. The Morgan fingerprint density at radius 3 is 0.848 bits per heavy atom. The lowest BCUT2D eigenvalue weighted by molar-refractivity contribution is -0.161. The number of phosphoric acid groups is 2. The molecule has 5 atom stereocenters. The molecule has 0 heterocycles. The molecule has 0 fully saturated rings. The topological polar surface area (TPSA) is 231 Å². The molecule has 0 rings (SSSR count). The summed E-state index contributed by atoms with van der Waals surface area (Å²) in [5, 5.41) is 20.6. The zero-order valence-corrected chi connectivity index (χ0v) is 63.7. The van der Waals surface area contributed by atoms with Gasteiger partial charge in [-0.05, 0) is 116 Å². The number of hydrogen-bond donors (Lipinski definition) is 4. The maximum Gasteiger partial charge on any atom is 0.472 e. The van der Waals surface area contributed by atoms with Gasteiger partial charge in [-0.2, -0.15) is 0 Å². The van der Waals surface area contributed by atoms with Gasteiger partial charge in [0, 0.05) is 19.3 Å². The Kier molecular flexibility index (Phi) is 70.2. The highest BCUT2D eigenvalue weighted by Crippen LogP contribution is 2.45. The number of allylic oxidation sites excluding steroid dienone is 22. The molecule has 0 aliphatic heterocycles. The zero-order valence-electron chi connectivity index (χ0n) is 61.9. The number of aliphatic hydroxyl groups is 2. The Morgan fingerprint density at radius 1 is 0.293 bits per heavy atom. The van der Waals surface area contributed by atoms with Crippen molar-refractivity contribution in [1.82, 2.24) is 0 Å². The van der Waals surface area contributed by atoms with Crippen molar-refractivity contribution in [2.24, 2.45) is 0 Å². The summed E-state index contributed by atoms with van der Waals surface area (Å²) in [6, 6.07) is 0. The first-order valence-corrected chi connectivity index (χ1v) is 41.5. The molecule has 0 spiro atoms. The van der Waals surface area contributed by atoms with Crippen LogP contribution < -0.4 is 0 Å². The second-order valence-electron chi connectivity index (χ2n) is 25.4. The van der Waals surface area contributed by atoms with Gasteiger partial charge in [-0.1, -0.05) is 302 Å². The molecule has 0 aromatic carbocycles. The van der Waals surface area contributed by atoms with Gasteiger partial charge in [0.25, 0.3) is 0 Å². The molecule has 16 nitrogen and oxygen atoms in total. The first-order valence-electron chi connectivity index (χ1n) is 38.5. The predicted molar refractivity (Wildman–Crippen MR) is 408 cm³/mol. The van der Waals surface area contributed by atoms with E-state index in [0.29, 0.717) is 19.3 Å². The smallest absolute Gasteiger partial charge is 0.463 e. The minimum absolute atomic E-state index is 0.100. The van der Waals surface area contributed by atoms with Gasteiger partial charge in [0.1, 0.15) is 25.4 Å². The van der Waals surface area contributed by atoms with Crippen LogP contribution in [-0.4, -0.2) is 95.9 Å². The van der Waals surface area contributed by atoms with Crippen LogP contribution in [0.4, 0.5) is 0 Å². The minimum atomic E-state index is -4.93. The molecule has 0 saturated heterocycles. The molecule has 0 aromatic rings. The van der Waals surface area contributed by atoms with E-state index in [9.17, 15) is 43.5 Å². The van der Waals surface area contributed by atoms with Gasteiger partial charge in [0.15, 0.2) is 6.10 Å². The van der Waals surface area contributed by atoms with E-state index in [1.807, 2.05) is 0 Å². The van der Waals surface area contributed by atoms with Crippen molar-refractivity contribution in [3.8, 4) is 0 Å². The lowest BCUT2D eigenvalue weighted by Gasteiger charge is -2.21. The second-order valence-corrected chi connectivity index (χ2v) is 28.3. The van der Waals surface area contributed by atoms with Crippen molar-refractivity contribution in [3.05, 3.63) is 134 Å². The Bertz CT molecular complexity index is 2330. The normalized spacial score (nSPS) is 14.8. The van der Waals surface area contributed by atoms with Gasteiger partial charge in [0.2, 0.25) is 0 Å². The van der Waals surface area contributed by atoms with Crippen LogP contribution >= 0.6 is 15.6 Å². The summed E-state index contributed by atoms with van der Waals surface area (Å²) < 4.78 is 61.0. The third-order valence-electron chi connectivity index (χ3n) is 15.9. The van der Waals surface area contributed by atoms with Crippen molar-refractivity contribution in [2.75, 3.05) is 39.6 Å². The Balaban J connectivity index is 4.44. The molecule has 0 aromatic heterocycles. The zero-order chi connectivity index (χ0) is 72.3. The van der Waals surface area contributed by atoms with Crippen molar-refractivity contribution < 1.29 is 75.8 Å². The van der Waals surface area contributed by atoms with Crippen LogP contribution in [0.1, 0.15) is 303 Å². The molecule has 0 bridgehead atoms. The fraction of sp³-hybridized carbons (Fsp3) is 0.691. The van der Waals surface area contributed by atoms with E-state index in [0.717, 1.165) is 154 Å². The fourth-order valence-corrected chi connectivity index (χ4v) is 11.7. The van der Waals surface area contributed by atoms with Crippen molar-refractivity contribution in [3.63, 3.8) is 0 Å². The maximum absolute atomic E-state index is 12.9. The molecular formula is C81H138O16P2. The molecule has 568 valence electrons. The quantitative estimate of drug-likeness (QED) is 0.0146. The number of hydrogen-bond acceptors (Lipinski definition) is 14. The number of unbranched alkanes of at least 4 members (excludes halogenated alkanes) is 27. The number of carbonyl (C=O) groups is 3. The summed E-state index contributed by atoms with van der Waals surface area (Å²) in [6.45, 7) is 2.42. The Hall–Kier alpha value is -4.31. The van der Waals surface area contributed by atoms with E-state index >= 15 is 0 Å². The van der Waals surface area contributed by atoms with E-state index in [-0.39, 0.29) is 19.3 Å². The van der Waals surface area contributed by atoms with Gasteiger partial charge in [-0.25, -0.2) is 9.13 Å². The first kappa shape index (κ1) is 94.7. The number of rotatable bonds is 72. The van der Waals surface area contributed by atoms with Crippen LogP contribution in [0.3, 0.4) is 0 Å². The summed E-state index contributed by atoms with van der Waals surface area (Å²) in [5.41, 5.74) is 0. The molecular weight excluding hydrogens is 1290 g/mol. The standard InChI is InChI=1S/C81H138O16P2/c1-4-7-10-13-16-19-22-24-26-28-30-32-33-34-35-36-37-38-39-40-41-43-45-46-48-50-53-55-58-61-64-67-79(84)91-70-76(82)71-93-98(87,88)94-72-77(83)73-95-99(89,90)96-75-78(97-81(86)69-66-63-60-57-52-21-18-15-12-9-6-3)74-92-80(85)68-65-62-59-56-54-51-49-47-44-42-31-29-27-25-23-20-17-14-11-8-5-2/h7-8,10-11,16-17,19-20,24-27,30-32,34-35,37-38,42,47,49,76-78,82-83H,4-6,9,12-15,18,21-23,28-29,33,36,39-41,43-46,48,50-75H2,1-3H3,(H,87,88)(H,89,90)/b10-7-,11-8-,19-16-,20-17-,26-24-,27-25-,32-30-,35-34-,38-37-,42-31-,49-47-. The highest BCUT2D eigenvalue weighted by atomic mass is 31.2. The molecule has 0 aliphatic rings. The van der Waals surface area contributed by atoms with E-state index in [1.54, 1.807) is 0 Å². The molecule has 99 heavy (non-hydrogen) atoms. The van der Waals surface area contributed by atoms with Crippen LogP contribution in [0, 0.1) is 0 Å². The third-order valence-corrected chi connectivity index (χ3v) is 17.8. The van der Waals surface area contributed by atoms with Gasteiger partial charge < -0.3 is 34.2 Å². The van der Waals surface area contributed by atoms with E-state index in [1.165, 1.54) is 89.9 Å². The average Bonchev–Trinajstić information content (AvgIpc) is 1.22. The number of ether oxygens (including phenoxy) is 3. The SMILES string of the molecule is CC/C=C\C/C=C\C/C=C\C/C=C\C/C=C\C/C=C\CCCCCCCCCCCCCCC(=O)OCC(O)COP(=O)(O)OCC(O)COP(=O)(O)OCC(COC(=O)CCCCCCC/C=C\C/C=C\C/C=C\C/C=C\C/C=C\CC)OC(=O)CCCCCCCCCCCCC. The van der Waals surface area contributed by atoms with Crippen LogP contribution in [0.2, 0.25) is 0 Å². The lowest BCUT2D eigenvalue weighted by Crippen LogP contribution is -2.30. The summed E-state index contributed by atoms with van der Waals surface area (Å²) >= 11 is 0. The monoisotopic (exact) mass is 1430 g/mol. The summed E-state index contributed by atoms with van der Waals surface area (Å²) in [6.07, 6.45) is 88.0. The molecule has 0 saturated carbocycles. The van der Waals surface area contributed by atoms with Crippen LogP contribution in [0.15, 0.2) is 134 Å². The molecule has 18 heteroatoms. The molecule has 4 N–H and O–H groups in total. The number of carbonyl (C=O) groups excluding carboxylic acids is 3. The second kappa shape index (κ2) is 73.4. The Labute approximate surface area is 601 Å². The summed E-state index contributed by atoms with van der Waals surface area (Å²) in [4.78, 5) is 58.5. The number of aliphatic hydroxyl groups excluding tert-OH is 2. The molecule has 0 aliphatic carbocycles. The van der Waals surface area contributed by atoms with Crippen LogP contribution in [-0.2, 0) is 55.8 Å². The van der Waals surface area contributed by atoms with E-state index in [2.05, 4.69) is 154 Å². The summed E-state index contributed by atoms with van der Waals surface area (Å²) in [7, 11) is -9.79. The van der Waals surface area contributed by atoms with Gasteiger partial charge in [-0.15, -0.1) is 0 Å². The number of phosphoric ester groups is 2. The summed E-state index contributed by atoms with van der Waals surface area (Å²) in [5.74, 6) is -1.60. The third kappa shape index (κ3) is 74.7. The highest BCUT2D eigenvalue weighted by molar-refractivity contribution is 7.47. The van der Waals surface area contributed by atoms with Crippen molar-refractivity contribution in [1.29, 1.82) is 0 Å². The predicted octanol–water partition coefficient (Wildman–Crippen LogP) is 22.3. The maximum atomic E-state index is 12.9. The average molecular weight is 1430 g/mol.